The summed E-state index contributed by atoms with van der Waals surface area (Å²) >= 11 is 0. The van der Waals surface area contributed by atoms with Crippen LogP contribution in [-0.4, -0.2) is 35.4 Å². The van der Waals surface area contributed by atoms with Crippen LogP contribution in [-0.2, 0) is 19.1 Å². The molecule has 0 saturated carbocycles. The molecule has 2 rings (SSSR count). The average molecular weight is 315 g/mol. The highest BCUT2D eigenvalue weighted by Gasteiger charge is 2.21. The van der Waals surface area contributed by atoms with Crippen molar-refractivity contribution in [1.29, 1.82) is 0 Å². The standard InChI is InChI=1S/C17H17NO5/c1-3-22-15(19)8-9-16(20)23-11(2)17(21)13-10-18-14-7-5-4-6-12(13)14/h4-11,18H,3H2,1-2H3/b9-8+/t11-/m1/s1. The monoisotopic (exact) mass is 315 g/mol. The van der Waals surface area contributed by atoms with E-state index in [4.69, 9.17) is 4.74 Å². The topological polar surface area (TPSA) is 85.5 Å². The molecule has 0 spiro atoms. The van der Waals surface area contributed by atoms with Crippen molar-refractivity contribution in [3.8, 4) is 0 Å². The Morgan fingerprint density at radius 2 is 1.87 bits per heavy atom. The molecule has 6 nitrogen and oxygen atoms in total. The number of esters is 2. The van der Waals surface area contributed by atoms with Crippen LogP contribution >= 0.6 is 0 Å². The van der Waals surface area contributed by atoms with Gasteiger partial charge in [0, 0.05) is 34.8 Å². The average Bonchev–Trinajstić information content (AvgIpc) is 2.96. The van der Waals surface area contributed by atoms with Crippen LogP contribution in [0.3, 0.4) is 0 Å². The minimum Gasteiger partial charge on any atom is -0.463 e. The van der Waals surface area contributed by atoms with E-state index in [9.17, 15) is 14.4 Å². The van der Waals surface area contributed by atoms with E-state index >= 15 is 0 Å². The van der Waals surface area contributed by atoms with E-state index in [0.717, 1.165) is 23.1 Å². The largest absolute Gasteiger partial charge is 0.463 e. The second-order valence-electron chi connectivity index (χ2n) is 4.78. The van der Waals surface area contributed by atoms with Gasteiger partial charge in [-0.15, -0.1) is 0 Å². The molecule has 1 atom stereocenters. The van der Waals surface area contributed by atoms with E-state index in [1.807, 2.05) is 24.3 Å². The number of carbonyl (C=O) groups excluding carboxylic acids is 3. The zero-order valence-electron chi connectivity index (χ0n) is 12.9. The van der Waals surface area contributed by atoms with Gasteiger partial charge in [-0.1, -0.05) is 18.2 Å². The molecule has 0 amide bonds. The number of rotatable bonds is 6. The number of hydrogen-bond acceptors (Lipinski definition) is 5. The number of benzene rings is 1. The first kappa shape index (κ1) is 16.5. The third kappa shape index (κ3) is 4.06. The molecule has 0 fully saturated rings. The molecule has 0 aliphatic carbocycles. The Balaban J connectivity index is 2.03. The number of H-pyrrole nitrogens is 1. The van der Waals surface area contributed by atoms with Gasteiger partial charge in [-0.05, 0) is 19.9 Å². The minimum absolute atomic E-state index is 0.216. The molecule has 1 heterocycles. The third-order valence-corrected chi connectivity index (χ3v) is 3.16. The van der Waals surface area contributed by atoms with E-state index in [1.165, 1.54) is 6.92 Å². The van der Waals surface area contributed by atoms with Crippen molar-refractivity contribution in [2.75, 3.05) is 6.61 Å². The van der Waals surface area contributed by atoms with E-state index in [-0.39, 0.29) is 12.4 Å². The molecule has 6 heteroatoms. The number of fused-ring (bicyclic) bond motifs is 1. The lowest BCUT2D eigenvalue weighted by molar-refractivity contribution is -0.141. The summed E-state index contributed by atoms with van der Waals surface area (Å²) in [7, 11) is 0. The Morgan fingerprint density at radius 1 is 1.17 bits per heavy atom. The number of aromatic amines is 1. The maximum absolute atomic E-state index is 12.4. The molecule has 0 radical (unpaired) electrons. The van der Waals surface area contributed by atoms with Gasteiger partial charge in [0.2, 0.25) is 5.78 Å². The highest BCUT2D eigenvalue weighted by molar-refractivity contribution is 6.10. The minimum atomic E-state index is -0.964. The lowest BCUT2D eigenvalue weighted by atomic mass is 10.1. The number of para-hydroxylation sites is 1. The van der Waals surface area contributed by atoms with Crippen molar-refractivity contribution in [2.45, 2.75) is 20.0 Å². The van der Waals surface area contributed by atoms with Gasteiger partial charge >= 0.3 is 11.9 Å². The lowest BCUT2D eigenvalue weighted by Gasteiger charge is -2.10. The summed E-state index contributed by atoms with van der Waals surface area (Å²) in [5.41, 5.74) is 1.28. The molecule has 1 N–H and O–H groups in total. The van der Waals surface area contributed by atoms with Gasteiger partial charge in [0.05, 0.1) is 6.61 Å². The summed E-state index contributed by atoms with van der Waals surface area (Å²) in [4.78, 5) is 38.1. The van der Waals surface area contributed by atoms with Crippen molar-refractivity contribution < 1.29 is 23.9 Å². The summed E-state index contributed by atoms with van der Waals surface area (Å²) in [6.07, 6.45) is 2.53. The number of ether oxygens (including phenoxy) is 2. The van der Waals surface area contributed by atoms with Crippen molar-refractivity contribution in [3.63, 3.8) is 0 Å². The van der Waals surface area contributed by atoms with E-state index in [1.54, 1.807) is 13.1 Å². The maximum Gasteiger partial charge on any atom is 0.331 e. The van der Waals surface area contributed by atoms with Crippen LogP contribution in [0, 0.1) is 0 Å². The smallest absolute Gasteiger partial charge is 0.331 e. The summed E-state index contributed by atoms with van der Waals surface area (Å²) in [6, 6.07) is 7.35. The first-order valence-electron chi connectivity index (χ1n) is 7.18. The zero-order chi connectivity index (χ0) is 16.8. The lowest BCUT2D eigenvalue weighted by Crippen LogP contribution is -2.23. The second-order valence-corrected chi connectivity index (χ2v) is 4.78. The van der Waals surface area contributed by atoms with Crippen molar-refractivity contribution in [1.82, 2.24) is 4.98 Å². The Kier molecular flexibility index (Phi) is 5.30. The van der Waals surface area contributed by atoms with Gasteiger partial charge in [0.1, 0.15) is 0 Å². The van der Waals surface area contributed by atoms with E-state index in [2.05, 4.69) is 9.72 Å². The molecule has 120 valence electrons. The molecule has 0 saturated heterocycles. The van der Waals surface area contributed by atoms with Crippen LogP contribution < -0.4 is 0 Å². The van der Waals surface area contributed by atoms with Gasteiger partial charge < -0.3 is 14.5 Å². The SMILES string of the molecule is CCOC(=O)/C=C/C(=O)O[C@H](C)C(=O)c1c[nH]c2ccccc12. The molecule has 0 bridgehead atoms. The van der Waals surface area contributed by atoms with Gasteiger partial charge in [-0.3, -0.25) is 4.79 Å². The number of carbonyl (C=O) groups is 3. The Bertz CT molecular complexity index is 759. The van der Waals surface area contributed by atoms with E-state index < -0.39 is 18.0 Å². The summed E-state index contributed by atoms with van der Waals surface area (Å²) in [5, 5.41) is 0.766. The molecule has 0 unspecified atom stereocenters. The van der Waals surface area contributed by atoms with E-state index in [0.29, 0.717) is 5.56 Å². The first-order valence-corrected chi connectivity index (χ1v) is 7.18. The fourth-order valence-electron chi connectivity index (χ4n) is 2.09. The number of nitrogens with one attached hydrogen (secondary N) is 1. The molecule has 0 aliphatic heterocycles. The number of ketones is 1. The van der Waals surface area contributed by atoms with Crippen molar-refractivity contribution in [3.05, 3.63) is 48.2 Å². The van der Waals surface area contributed by atoms with Crippen LogP contribution in [0.4, 0.5) is 0 Å². The number of Topliss-reactive ketones (excluding diaryl/α,β-unsaturated/α-hetero) is 1. The first-order chi connectivity index (χ1) is 11.0. The Labute approximate surface area is 133 Å². The fraction of sp³-hybridized carbons (Fsp3) is 0.235. The molecule has 0 aliphatic rings. The van der Waals surface area contributed by atoms with Gasteiger partial charge in [-0.25, -0.2) is 9.59 Å². The normalized spacial score (nSPS) is 12.3. The number of aromatic nitrogens is 1. The fourth-order valence-corrected chi connectivity index (χ4v) is 2.09. The quantitative estimate of drug-likeness (QED) is 0.502. The van der Waals surface area contributed by atoms with Gasteiger partial charge in [0.15, 0.2) is 6.10 Å². The predicted octanol–water partition coefficient (Wildman–Crippen LogP) is 2.40. The highest BCUT2D eigenvalue weighted by atomic mass is 16.5. The molecule has 2 aromatic rings. The van der Waals surface area contributed by atoms with Crippen LogP contribution in [0.2, 0.25) is 0 Å². The van der Waals surface area contributed by atoms with Crippen molar-refractivity contribution >= 4 is 28.6 Å². The summed E-state index contributed by atoms with van der Waals surface area (Å²) < 4.78 is 9.66. The Hall–Kier alpha value is -2.89. The molecular formula is C17H17NO5. The molecule has 23 heavy (non-hydrogen) atoms. The van der Waals surface area contributed by atoms with Crippen molar-refractivity contribution in [2.24, 2.45) is 0 Å². The third-order valence-electron chi connectivity index (χ3n) is 3.16. The van der Waals surface area contributed by atoms with Crippen LogP contribution in [0.1, 0.15) is 24.2 Å². The molecule has 1 aromatic carbocycles. The summed E-state index contributed by atoms with van der Waals surface area (Å²) in [6.45, 7) is 3.36. The van der Waals surface area contributed by atoms with Gasteiger partial charge in [0.25, 0.3) is 0 Å². The predicted molar refractivity (Wildman–Crippen MR) is 84.0 cm³/mol. The van der Waals surface area contributed by atoms with Gasteiger partial charge in [-0.2, -0.15) is 0 Å². The van der Waals surface area contributed by atoms with Crippen LogP contribution in [0.5, 0.6) is 0 Å². The highest BCUT2D eigenvalue weighted by Crippen LogP contribution is 2.19. The van der Waals surface area contributed by atoms with Crippen LogP contribution in [0.15, 0.2) is 42.6 Å². The molecule has 1 aromatic heterocycles. The summed E-state index contributed by atoms with van der Waals surface area (Å²) in [5.74, 6) is -1.74. The molecular weight excluding hydrogens is 298 g/mol. The zero-order valence-corrected chi connectivity index (χ0v) is 12.9. The second kappa shape index (κ2) is 7.40. The Morgan fingerprint density at radius 3 is 2.61 bits per heavy atom. The van der Waals surface area contributed by atoms with Crippen LogP contribution in [0.25, 0.3) is 10.9 Å². The maximum atomic E-state index is 12.4. The number of hydrogen-bond donors (Lipinski definition) is 1.